The van der Waals surface area contributed by atoms with Crippen LogP contribution in [0.1, 0.15) is 28.0 Å². The van der Waals surface area contributed by atoms with Gasteiger partial charge in [0.25, 0.3) is 0 Å². The van der Waals surface area contributed by atoms with Gasteiger partial charge in [-0.25, -0.2) is 0 Å². The Hall–Kier alpha value is -1.87. The molecule has 0 spiro atoms. The molecule has 0 amide bonds. The van der Waals surface area contributed by atoms with Gasteiger partial charge in [-0.3, -0.25) is 0 Å². The standard InChI is InChI=1S/C19H22N2O2S/c1-14-2-3-17(9-21-10-18-7-16(8-20)13-24-18)19(6-14)23-12-15-4-5-22-11-15/h2-3,6-7,13,15,21H,4-5,9-12H2,1H3. The third-order valence-corrected chi connectivity index (χ3v) is 5.06. The first kappa shape index (κ1) is 17.0. The van der Waals surface area contributed by atoms with Gasteiger partial charge < -0.3 is 14.8 Å². The van der Waals surface area contributed by atoms with Gasteiger partial charge in [-0.1, -0.05) is 12.1 Å². The number of nitrogens with one attached hydrogen (secondary N) is 1. The quantitative estimate of drug-likeness (QED) is 0.835. The maximum absolute atomic E-state index is 8.88. The third kappa shape index (κ3) is 4.57. The molecule has 1 aromatic carbocycles. The van der Waals surface area contributed by atoms with Crippen molar-refractivity contribution in [3.63, 3.8) is 0 Å². The van der Waals surface area contributed by atoms with Crippen LogP contribution in [0.25, 0.3) is 0 Å². The summed E-state index contributed by atoms with van der Waals surface area (Å²) in [6.07, 6.45) is 1.08. The van der Waals surface area contributed by atoms with Crippen molar-refractivity contribution in [3.05, 3.63) is 51.2 Å². The van der Waals surface area contributed by atoms with Crippen molar-refractivity contribution < 1.29 is 9.47 Å². The van der Waals surface area contributed by atoms with Crippen LogP contribution in [-0.4, -0.2) is 19.8 Å². The highest BCUT2D eigenvalue weighted by Gasteiger charge is 2.17. The second-order valence-corrected chi connectivity index (χ2v) is 7.16. The van der Waals surface area contributed by atoms with Crippen molar-refractivity contribution in [2.75, 3.05) is 19.8 Å². The van der Waals surface area contributed by atoms with Crippen molar-refractivity contribution in [2.45, 2.75) is 26.4 Å². The molecule has 1 N–H and O–H groups in total. The van der Waals surface area contributed by atoms with Gasteiger partial charge in [0, 0.05) is 41.4 Å². The van der Waals surface area contributed by atoms with E-state index in [0.717, 1.165) is 49.6 Å². The molecule has 0 aliphatic carbocycles. The summed E-state index contributed by atoms with van der Waals surface area (Å²) in [5.41, 5.74) is 3.10. The minimum atomic E-state index is 0.502. The second kappa shape index (κ2) is 8.29. The van der Waals surface area contributed by atoms with E-state index < -0.39 is 0 Å². The van der Waals surface area contributed by atoms with Crippen LogP contribution >= 0.6 is 11.3 Å². The van der Waals surface area contributed by atoms with Crippen molar-refractivity contribution in [1.29, 1.82) is 5.26 Å². The summed E-state index contributed by atoms with van der Waals surface area (Å²) < 4.78 is 11.5. The number of hydrogen-bond acceptors (Lipinski definition) is 5. The Morgan fingerprint density at radius 3 is 3.04 bits per heavy atom. The van der Waals surface area contributed by atoms with Crippen LogP contribution in [0.2, 0.25) is 0 Å². The number of thiophene rings is 1. The summed E-state index contributed by atoms with van der Waals surface area (Å²) >= 11 is 1.61. The molecule has 0 bridgehead atoms. The van der Waals surface area contributed by atoms with Crippen LogP contribution in [0.5, 0.6) is 5.75 Å². The van der Waals surface area contributed by atoms with E-state index in [2.05, 4.69) is 36.5 Å². The molecule has 1 unspecified atom stereocenters. The Morgan fingerprint density at radius 2 is 2.29 bits per heavy atom. The van der Waals surface area contributed by atoms with E-state index >= 15 is 0 Å². The molecule has 0 radical (unpaired) electrons. The molecule has 3 rings (SSSR count). The first-order valence-corrected chi connectivity index (χ1v) is 9.11. The number of aryl methyl sites for hydroxylation is 1. The molecule has 4 nitrogen and oxygen atoms in total. The fourth-order valence-electron chi connectivity index (χ4n) is 2.72. The fraction of sp³-hybridized carbons (Fsp3) is 0.421. The first-order chi connectivity index (χ1) is 11.7. The number of hydrogen-bond donors (Lipinski definition) is 1. The van der Waals surface area contributed by atoms with Gasteiger partial charge in [-0.2, -0.15) is 5.26 Å². The highest BCUT2D eigenvalue weighted by Crippen LogP contribution is 2.23. The monoisotopic (exact) mass is 342 g/mol. The van der Waals surface area contributed by atoms with Gasteiger partial charge in [0.15, 0.2) is 0 Å². The molecule has 1 atom stereocenters. The predicted octanol–water partition coefficient (Wildman–Crippen LogP) is 3.63. The van der Waals surface area contributed by atoms with Gasteiger partial charge in [0.05, 0.1) is 18.8 Å². The molecule has 126 valence electrons. The van der Waals surface area contributed by atoms with E-state index in [1.54, 1.807) is 11.3 Å². The zero-order chi connectivity index (χ0) is 16.8. The summed E-state index contributed by atoms with van der Waals surface area (Å²) in [5, 5.41) is 14.2. The molecule has 1 fully saturated rings. The average molecular weight is 342 g/mol. The molecule has 24 heavy (non-hydrogen) atoms. The summed E-state index contributed by atoms with van der Waals surface area (Å²) in [7, 11) is 0. The summed E-state index contributed by atoms with van der Waals surface area (Å²) in [6.45, 7) is 5.96. The molecule has 2 aromatic rings. The van der Waals surface area contributed by atoms with E-state index in [4.69, 9.17) is 14.7 Å². The molecular weight excluding hydrogens is 320 g/mol. The van der Waals surface area contributed by atoms with Crippen LogP contribution in [-0.2, 0) is 17.8 Å². The Labute approximate surface area is 147 Å². The molecule has 2 heterocycles. The highest BCUT2D eigenvalue weighted by atomic mass is 32.1. The van der Waals surface area contributed by atoms with Crippen molar-refractivity contribution >= 4 is 11.3 Å². The van der Waals surface area contributed by atoms with Gasteiger partial charge in [-0.15, -0.1) is 11.3 Å². The van der Waals surface area contributed by atoms with Gasteiger partial charge in [0.1, 0.15) is 11.8 Å². The maximum atomic E-state index is 8.88. The topological polar surface area (TPSA) is 54.3 Å². The Bertz CT molecular complexity index is 714. The molecule has 1 aromatic heterocycles. The van der Waals surface area contributed by atoms with E-state index in [1.807, 2.05) is 11.4 Å². The Morgan fingerprint density at radius 1 is 1.38 bits per heavy atom. The number of rotatable bonds is 7. The predicted molar refractivity (Wildman–Crippen MR) is 95.2 cm³/mol. The van der Waals surface area contributed by atoms with Crippen LogP contribution in [0.3, 0.4) is 0 Å². The smallest absolute Gasteiger partial charge is 0.124 e. The largest absolute Gasteiger partial charge is 0.493 e. The second-order valence-electron chi connectivity index (χ2n) is 6.17. The Balaban J connectivity index is 1.56. The summed E-state index contributed by atoms with van der Waals surface area (Å²) in [5.74, 6) is 1.46. The lowest BCUT2D eigenvalue weighted by Gasteiger charge is -2.15. The SMILES string of the molecule is Cc1ccc(CNCc2cc(C#N)cs2)c(OCC2CCOC2)c1. The lowest BCUT2D eigenvalue weighted by molar-refractivity contribution is 0.166. The van der Waals surface area contributed by atoms with E-state index in [-0.39, 0.29) is 0 Å². The van der Waals surface area contributed by atoms with Gasteiger partial charge >= 0.3 is 0 Å². The van der Waals surface area contributed by atoms with E-state index in [1.165, 1.54) is 10.4 Å². The number of nitriles is 1. The zero-order valence-corrected chi connectivity index (χ0v) is 14.7. The van der Waals surface area contributed by atoms with Crippen LogP contribution in [0.15, 0.2) is 29.6 Å². The van der Waals surface area contributed by atoms with E-state index in [9.17, 15) is 0 Å². The lowest BCUT2D eigenvalue weighted by Crippen LogP contribution is -2.15. The number of ether oxygens (including phenoxy) is 2. The number of nitrogens with zero attached hydrogens (tertiary/aromatic N) is 1. The van der Waals surface area contributed by atoms with Crippen LogP contribution in [0.4, 0.5) is 0 Å². The van der Waals surface area contributed by atoms with Crippen molar-refractivity contribution in [3.8, 4) is 11.8 Å². The highest BCUT2D eigenvalue weighted by molar-refractivity contribution is 7.10. The summed E-state index contributed by atoms with van der Waals surface area (Å²) in [4.78, 5) is 1.17. The lowest BCUT2D eigenvalue weighted by atomic mass is 10.1. The molecule has 0 saturated carbocycles. The Kier molecular flexibility index (Phi) is 5.86. The minimum Gasteiger partial charge on any atom is -0.493 e. The number of benzene rings is 1. The van der Waals surface area contributed by atoms with E-state index in [0.29, 0.717) is 12.5 Å². The summed E-state index contributed by atoms with van der Waals surface area (Å²) in [6, 6.07) is 10.4. The van der Waals surface area contributed by atoms with Crippen LogP contribution < -0.4 is 10.1 Å². The van der Waals surface area contributed by atoms with Crippen LogP contribution in [0, 0.1) is 24.2 Å². The third-order valence-electron chi connectivity index (χ3n) is 4.12. The normalized spacial score (nSPS) is 16.9. The van der Waals surface area contributed by atoms with Gasteiger partial charge in [0.2, 0.25) is 0 Å². The molecule has 1 aliphatic heterocycles. The molecule has 1 aliphatic rings. The minimum absolute atomic E-state index is 0.502. The fourth-order valence-corrected chi connectivity index (χ4v) is 3.50. The molecule has 1 saturated heterocycles. The molecule has 5 heteroatoms. The van der Waals surface area contributed by atoms with Crippen molar-refractivity contribution in [1.82, 2.24) is 5.32 Å². The molecular formula is C19H22N2O2S. The average Bonchev–Trinajstić information content (AvgIpc) is 3.26. The van der Waals surface area contributed by atoms with Gasteiger partial charge in [-0.05, 0) is 31.0 Å². The van der Waals surface area contributed by atoms with Crippen molar-refractivity contribution in [2.24, 2.45) is 5.92 Å². The zero-order valence-electron chi connectivity index (χ0n) is 13.9. The maximum Gasteiger partial charge on any atom is 0.124 e. The first-order valence-electron chi connectivity index (χ1n) is 8.23.